The highest BCUT2D eigenvalue weighted by Gasteiger charge is 1.86. The van der Waals surface area contributed by atoms with E-state index in [0.717, 1.165) is 9.13 Å². The second-order valence-electron chi connectivity index (χ2n) is 2.09. The summed E-state index contributed by atoms with van der Waals surface area (Å²) < 4.78 is 1.16. The summed E-state index contributed by atoms with van der Waals surface area (Å²) in [5.74, 6) is 0. The molecule has 0 fully saturated rings. The number of rotatable bonds is 2. The minimum Gasteiger partial charge on any atom is -0.211 e. The van der Waals surface area contributed by atoms with E-state index in [4.69, 9.17) is 0 Å². The minimum atomic E-state index is 1.03. The molecule has 12 heavy (non-hydrogen) atoms. The van der Waals surface area contributed by atoms with Gasteiger partial charge >= 0.3 is 0 Å². The minimum absolute atomic E-state index is 1.03. The molecule has 0 heterocycles. The van der Waals surface area contributed by atoms with E-state index in [1.165, 1.54) is 12.3 Å². The first-order chi connectivity index (χ1) is 5.83. The van der Waals surface area contributed by atoms with E-state index in [1.807, 2.05) is 24.3 Å². The molecule has 0 aliphatic carbocycles. The van der Waals surface area contributed by atoms with Crippen LogP contribution in [0.5, 0.6) is 0 Å². The Kier molecular flexibility index (Phi) is 3.70. The summed E-state index contributed by atoms with van der Waals surface area (Å²) in [7, 11) is 0. The van der Waals surface area contributed by atoms with Crippen LogP contribution in [0, 0.1) is 3.57 Å². The fourth-order valence-corrected chi connectivity index (χ4v) is 1.33. The normalized spacial score (nSPS) is 9.75. The maximum atomic E-state index is 9.72. The molecule has 2 nitrogen and oxygen atoms in total. The predicted octanol–water partition coefficient (Wildman–Crippen LogP) is 2.60. The number of isocyanates is 1. The Morgan fingerprint density at radius 1 is 1.50 bits per heavy atom. The van der Waals surface area contributed by atoms with E-state index >= 15 is 0 Å². The van der Waals surface area contributed by atoms with Crippen molar-refractivity contribution < 1.29 is 4.79 Å². The van der Waals surface area contributed by atoms with Crippen LogP contribution in [0.4, 0.5) is 0 Å². The zero-order chi connectivity index (χ0) is 8.81. The van der Waals surface area contributed by atoms with Crippen molar-refractivity contribution in [3.63, 3.8) is 0 Å². The molecular weight excluding hydrogens is 265 g/mol. The van der Waals surface area contributed by atoms with Crippen molar-refractivity contribution >= 4 is 34.7 Å². The lowest BCUT2D eigenvalue weighted by Crippen LogP contribution is -1.72. The summed E-state index contributed by atoms with van der Waals surface area (Å²) in [4.78, 5) is 13.0. The Morgan fingerprint density at radius 2 is 2.33 bits per heavy atom. The molecule has 3 heteroatoms. The molecule has 0 saturated heterocycles. The number of nitrogens with zero attached hydrogens (tertiary/aromatic N) is 1. The smallest absolute Gasteiger partial charge is 0.211 e. The van der Waals surface area contributed by atoms with Gasteiger partial charge in [-0.25, -0.2) is 4.79 Å². The summed E-state index contributed by atoms with van der Waals surface area (Å²) >= 11 is 2.22. The Morgan fingerprint density at radius 3 is 3.00 bits per heavy atom. The van der Waals surface area contributed by atoms with Crippen LogP contribution >= 0.6 is 22.6 Å². The van der Waals surface area contributed by atoms with Crippen LogP contribution in [0.15, 0.2) is 35.5 Å². The van der Waals surface area contributed by atoms with Crippen LogP contribution in [0.3, 0.4) is 0 Å². The van der Waals surface area contributed by atoms with Crippen LogP contribution < -0.4 is 0 Å². The lowest BCUT2D eigenvalue weighted by Gasteiger charge is -1.91. The molecule has 0 N–H and O–H groups in total. The van der Waals surface area contributed by atoms with Crippen molar-refractivity contribution in [2.24, 2.45) is 4.99 Å². The van der Waals surface area contributed by atoms with Gasteiger partial charge in [0.15, 0.2) is 0 Å². The second-order valence-corrected chi connectivity index (χ2v) is 3.34. The fourth-order valence-electron chi connectivity index (χ4n) is 0.764. The van der Waals surface area contributed by atoms with Crippen molar-refractivity contribution in [3.8, 4) is 0 Å². The van der Waals surface area contributed by atoms with Crippen molar-refractivity contribution in [2.75, 3.05) is 0 Å². The third-order valence-electron chi connectivity index (χ3n) is 1.24. The van der Waals surface area contributed by atoms with Crippen molar-refractivity contribution in [1.82, 2.24) is 0 Å². The maximum absolute atomic E-state index is 9.72. The summed E-state index contributed by atoms with van der Waals surface area (Å²) in [5.41, 5.74) is 1.03. The summed E-state index contributed by atoms with van der Waals surface area (Å²) in [5, 5.41) is 0. The fraction of sp³-hybridized carbons (Fsp3) is 0. The van der Waals surface area contributed by atoms with Gasteiger partial charge in [0.1, 0.15) is 0 Å². The van der Waals surface area contributed by atoms with Crippen LogP contribution in [-0.2, 0) is 4.79 Å². The van der Waals surface area contributed by atoms with Crippen LogP contribution in [-0.4, -0.2) is 6.08 Å². The quantitative estimate of drug-likeness (QED) is 0.462. The van der Waals surface area contributed by atoms with E-state index in [-0.39, 0.29) is 0 Å². The van der Waals surface area contributed by atoms with Crippen LogP contribution in [0.1, 0.15) is 5.56 Å². The number of aliphatic imine (C=N–C) groups is 1. The monoisotopic (exact) mass is 271 g/mol. The highest BCUT2D eigenvalue weighted by molar-refractivity contribution is 14.1. The third kappa shape index (κ3) is 2.98. The van der Waals surface area contributed by atoms with Crippen LogP contribution in [0.25, 0.3) is 6.08 Å². The molecule has 0 amide bonds. The van der Waals surface area contributed by atoms with Gasteiger partial charge in [0.25, 0.3) is 0 Å². The van der Waals surface area contributed by atoms with Gasteiger partial charge in [-0.05, 0) is 46.4 Å². The Balaban J connectivity index is 2.82. The molecule has 0 aliphatic rings. The van der Waals surface area contributed by atoms with E-state index in [0.29, 0.717) is 0 Å². The van der Waals surface area contributed by atoms with Gasteiger partial charge in [0, 0.05) is 9.77 Å². The maximum Gasteiger partial charge on any atom is 0.239 e. The van der Waals surface area contributed by atoms with Gasteiger partial charge in [-0.15, -0.1) is 0 Å². The molecule has 0 saturated carbocycles. The van der Waals surface area contributed by atoms with E-state index in [2.05, 4.69) is 27.6 Å². The zero-order valence-electron chi connectivity index (χ0n) is 6.20. The number of benzene rings is 1. The van der Waals surface area contributed by atoms with Gasteiger partial charge in [-0.1, -0.05) is 12.1 Å². The van der Waals surface area contributed by atoms with E-state index < -0.39 is 0 Å². The van der Waals surface area contributed by atoms with Gasteiger partial charge in [0.05, 0.1) is 0 Å². The van der Waals surface area contributed by atoms with Crippen LogP contribution in [0.2, 0.25) is 0 Å². The Labute approximate surface area is 84.2 Å². The average molecular weight is 271 g/mol. The SMILES string of the molecule is O=C=N/C=C/c1cccc(I)c1. The molecule has 1 rings (SSSR count). The van der Waals surface area contributed by atoms with E-state index in [9.17, 15) is 4.79 Å². The lowest BCUT2D eigenvalue weighted by molar-refractivity contribution is 0.565. The summed E-state index contributed by atoms with van der Waals surface area (Å²) in [6.07, 6.45) is 4.62. The van der Waals surface area contributed by atoms with Gasteiger partial charge in [-0.3, -0.25) is 0 Å². The topological polar surface area (TPSA) is 29.4 Å². The summed E-state index contributed by atoms with van der Waals surface area (Å²) in [6, 6.07) is 7.89. The molecule has 0 aromatic heterocycles. The first-order valence-electron chi connectivity index (χ1n) is 3.32. The largest absolute Gasteiger partial charge is 0.239 e. The lowest BCUT2D eigenvalue weighted by atomic mass is 10.2. The number of carbonyl (C=O) groups excluding carboxylic acids is 1. The first kappa shape index (κ1) is 9.16. The zero-order valence-corrected chi connectivity index (χ0v) is 8.36. The van der Waals surface area contributed by atoms with Gasteiger partial charge in [0.2, 0.25) is 6.08 Å². The molecular formula is C9H6INO. The summed E-state index contributed by atoms with van der Waals surface area (Å²) in [6.45, 7) is 0. The second kappa shape index (κ2) is 4.85. The highest BCUT2D eigenvalue weighted by atomic mass is 127. The van der Waals surface area contributed by atoms with Gasteiger partial charge in [-0.2, -0.15) is 4.99 Å². The van der Waals surface area contributed by atoms with E-state index in [1.54, 1.807) is 6.08 Å². The van der Waals surface area contributed by atoms with Gasteiger partial charge < -0.3 is 0 Å². The standard InChI is InChI=1S/C9H6INO/c10-9-3-1-2-8(6-9)4-5-11-7-12/h1-6H/b5-4+. The molecule has 0 radical (unpaired) electrons. The predicted molar refractivity (Wildman–Crippen MR) is 56.3 cm³/mol. The molecule has 1 aromatic carbocycles. The van der Waals surface area contributed by atoms with Crippen molar-refractivity contribution in [3.05, 3.63) is 39.6 Å². The number of hydrogen-bond donors (Lipinski definition) is 0. The van der Waals surface area contributed by atoms with Crippen molar-refractivity contribution in [1.29, 1.82) is 0 Å². The Hall–Kier alpha value is -0.930. The molecule has 60 valence electrons. The number of hydrogen-bond acceptors (Lipinski definition) is 2. The first-order valence-corrected chi connectivity index (χ1v) is 4.40. The molecule has 0 unspecified atom stereocenters. The third-order valence-corrected chi connectivity index (χ3v) is 1.91. The molecule has 0 atom stereocenters. The average Bonchev–Trinajstić information content (AvgIpc) is 2.05. The molecule has 0 spiro atoms. The molecule has 0 bridgehead atoms. The number of halogens is 1. The Bertz CT molecular complexity index is 340. The molecule has 1 aromatic rings. The molecule has 0 aliphatic heterocycles. The van der Waals surface area contributed by atoms with Crippen molar-refractivity contribution in [2.45, 2.75) is 0 Å². The highest BCUT2D eigenvalue weighted by Crippen LogP contribution is 2.08.